The molecule has 1 N–H and O–H groups in total. The van der Waals surface area contributed by atoms with Crippen molar-refractivity contribution in [1.82, 2.24) is 0 Å². The van der Waals surface area contributed by atoms with E-state index in [1.54, 1.807) is 0 Å². The van der Waals surface area contributed by atoms with Crippen LogP contribution in [-0.4, -0.2) is 14.3 Å². The number of anilines is 1. The monoisotopic (exact) mass is 337 g/mol. The average Bonchev–Trinajstić information content (AvgIpc) is 2.27. The number of rotatable bonds is 4. The molecular weight excluding hydrogens is 321 g/mol. The van der Waals surface area contributed by atoms with Gasteiger partial charge in [0.25, 0.3) is 9.05 Å². The Morgan fingerprint density at radius 2 is 1.90 bits per heavy atom. The van der Waals surface area contributed by atoms with Crippen LogP contribution in [0.1, 0.15) is 33.6 Å². The quantitative estimate of drug-likeness (QED) is 0.843. The third-order valence-corrected chi connectivity index (χ3v) is 4.26. The number of amides is 1. The van der Waals surface area contributed by atoms with Crippen LogP contribution in [0, 0.1) is 5.41 Å². The van der Waals surface area contributed by atoms with Crippen LogP contribution in [0.5, 0.6) is 0 Å². The maximum Gasteiger partial charge on any atom is 0.261 e. The van der Waals surface area contributed by atoms with Gasteiger partial charge in [-0.1, -0.05) is 32.4 Å². The molecule has 1 rings (SSSR count). The van der Waals surface area contributed by atoms with E-state index in [1.807, 2.05) is 20.8 Å². The van der Waals surface area contributed by atoms with E-state index in [0.29, 0.717) is 12.1 Å². The summed E-state index contributed by atoms with van der Waals surface area (Å²) in [5.74, 6) is -0.164. The molecule has 1 aromatic carbocycles. The topological polar surface area (TPSA) is 63.2 Å². The van der Waals surface area contributed by atoms with Crippen molar-refractivity contribution < 1.29 is 13.2 Å². The Hall–Kier alpha value is -0.780. The second kappa shape index (κ2) is 6.33. The van der Waals surface area contributed by atoms with Gasteiger partial charge >= 0.3 is 0 Å². The van der Waals surface area contributed by atoms with Gasteiger partial charge in [-0.05, 0) is 30.0 Å². The molecule has 0 aliphatic carbocycles. The van der Waals surface area contributed by atoms with Crippen molar-refractivity contribution in [2.75, 3.05) is 5.32 Å². The SMILES string of the molecule is CC(C)(C)CCC(=O)Nc1ccc(S(=O)(=O)Cl)cc1Cl. The molecule has 0 bridgehead atoms. The highest BCUT2D eigenvalue weighted by atomic mass is 35.7. The predicted molar refractivity (Wildman–Crippen MR) is 81.8 cm³/mol. The molecule has 1 amide bonds. The first kappa shape index (κ1) is 17.3. The summed E-state index contributed by atoms with van der Waals surface area (Å²) in [6.07, 6.45) is 1.11. The highest BCUT2D eigenvalue weighted by molar-refractivity contribution is 8.13. The van der Waals surface area contributed by atoms with Crippen molar-refractivity contribution in [2.24, 2.45) is 5.41 Å². The Bertz CT molecular complexity index is 607. The zero-order chi connectivity index (χ0) is 15.6. The van der Waals surface area contributed by atoms with Gasteiger partial charge in [-0.25, -0.2) is 8.42 Å². The molecule has 4 nitrogen and oxygen atoms in total. The lowest BCUT2D eigenvalue weighted by molar-refractivity contribution is -0.116. The fourth-order valence-corrected chi connectivity index (χ4v) is 2.52. The van der Waals surface area contributed by atoms with Crippen molar-refractivity contribution in [3.05, 3.63) is 23.2 Å². The fraction of sp³-hybridized carbons (Fsp3) is 0.462. The number of nitrogens with one attached hydrogen (secondary N) is 1. The third-order valence-electron chi connectivity index (χ3n) is 2.60. The molecule has 7 heteroatoms. The van der Waals surface area contributed by atoms with E-state index in [4.69, 9.17) is 22.3 Å². The normalized spacial score (nSPS) is 12.2. The highest BCUT2D eigenvalue weighted by Crippen LogP contribution is 2.27. The lowest BCUT2D eigenvalue weighted by atomic mass is 9.90. The van der Waals surface area contributed by atoms with Crippen LogP contribution in [0.4, 0.5) is 5.69 Å². The number of benzene rings is 1. The van der Waals surface area contributed by atoms with Crippen molar-refractivity contribution in [2.45, 2.75) is 38.5 Å². The molecule has 0 saturated heterocycles. The van der Waals surface area contributed by atoms with Crippen LogP contribution < -0.4 is 5.32 Å². The number of hydrogen-bond acceptors (Lipinski definition) is 3. The van der Waals surface area contributed by atoms with E-state index in [1.165, 1.54) is 18.2 Å². The first-order valence-electron chi connectivity index (χ1n) is 6.03. The lowest BCUT2D eigenvalue weighted by Gasteiger charge is -2.17. The first-order valence-corrected chi connectivity index (χ1v) is 8.72. The maximum atomic E-state index is 11.8. The Kier molecular flexibility index (Phi) is 5.46. The van der Waals surface area contributed by atoms with Crippen LogP contribution in [0.3, 0.4) is 0 Å². The van der Waals surface area contributed by atoms with Crippen molar-refractivity contribution >= 4 is 42.9 Å². The molecule has 112 valence electrons. The summed E-state index contributed by atoms with van der Waals surface area (Å²) >= 11 is 5.93. The summed E-state index contributed by atoms with van der Waals surface area (Å²) in [5, 5.41) is 2.79. The largest absolute Gasteiger partial charge is 0.325 e. The summed E-state index contributed by atoms with van der Waals surface area (Å²) in [7, 11) is 1.39. The van der Waals surface area contributed by atoms with Crippen LogP contribution in [-0.2, 0) is 13.8 Å². The zero-order valence-electron chi connectivity index (χ0n) is 11.5. The Morgan fingerprint density at radius 3 is 2.35 bits per heavy atom. The minimum Gasteiger partial charge on any atom is -0.325 e. The zero-order valence-corrected chi connectivity index (χ0v) is 13.9. The van der Waals surface area contributed by atoms with Gasteiger partial charge in [0.15, 0.2) is 0 Å². The summed E-state index contributed by atoms with van der Waals surface area (Å²) in [4.78, 5) is 11.7. The van der Waals surface area contributed by atoms with E-state index in [2.05, 4.69) is 5.32 Å². The van der Waals surface area contributed by atoms with Crippen molar-refractivity contribution in [3.63, 3.8) is 0 Å². The molecule has 0 fully saturated rings. The molecular formula is C13H17Cl2NO3S. The Morgan fingerprint density at radius 1 is 1.30 bits per heavy atom. The molecule has 0 saturated carbocycles. The Labute approximate surface area is 128 Å². The molecule has 0 atom stereocenters. The molecule has 0 radical (unpaired) electrons. The number of halogens is 2. The third kappa shape index (κ3) is 5.69. The van der Waals surface area contributed by atoms with Gasteiger partial charge < -0.3 is 5.32 Å². The summed E-state index contributed by atoms with van der Waals surface area (Å²) in [6, 6.07) is 3.93. The smallest absolute Gasteiger partial charge is 0.261 e. The molecule has 0 aliphatic heterocycles. The van der Waals surface area contributed by atoms with Gasteiger partial charge in [0, 0.05) is 17.1 Å². The Balaban J connectivity index is 2.77. The summed E-state index contributed by atoms with van der Waals surface area (Å²) < 4.78 is 22.3. The molecule has 20 heavy (non-hydrogen) atoms. The standard InChI is InChI=1S/C13H17Cl2NO3S/c1-13(2,3)7-6-12(17)16-11-5-4-9(8-10(11)14)20(15,18)19/h4-5,8H,6-7H2,1-3H3,(H,16,17). The molecule has 0 unspecified atom stereocenters. The van der Waals surface area contributed by atoms with Crippen LogP contribution in [0.2, 0.25) is 5.02 Å². The minimum absolute atomic E-state index is 0.0672. The van der Waals surface area contributed by atoms with Gasteiger partial charge in [0.05, 0.1) is 15.6 Å². The lowest BCUT2D eigenvalue weighted by Crippen LogP contribution is -2.15. The van der Waals surface area contributed by atoms with E-state index < -0.39 is 9.05 Å². The average molecular weight is 338 g/mol. The molecule has 0 spiro atoms. The molecule has 0 aliphatic rings. The predicted octanol–water partition coefficient (Wildman–Crippen LogP) is 4.03. The maximum absolute atomic E-state index is 11.8. The number of carbonyl (C=O) groups excluding carboxylic acids is 1. The van der Waals surface area contributed by atoms with Crippen molar-refractivity contribution in [3.8, 4) is 0 Å². The van der Waals surface area contributed by atoms with Crippen LogP contribution in [0.15, 0.2) is 23.1 Å². The fourth-order valence-electron chi connectivity index (χ4n) is 1.45. The van der Waals surface area contributed by atoms with Crippen LogP contribution in [0.25, 0.3) is 0 Å². The van der Waals surface area contributed by atoms with E-state index in [-0.39, 0.29) is 21.2 Å². The van der Waals surface area contributed by atoms with E-state index in [0.717, 1.165) is 6.42 Å². The van der Waals surface area contributed by atoms with Gasteiger partial charge in [0.2, 0.25) is 5.91 Å². The number of carbonyl (C=O) groups is 1. The highest BCUT2D eigenvalue weighted by Gasteiger charge is 2.15. The summed E-state index contributed by atoms with van der Waals surface area (Å²) in [6.45, 7) is 6.15. The molecule has 0 aromatic heterocycles. The number of hydrogen-bond donors (Lipinski definition) is 1. The molecule has 1 aromatic rings. The van der Waals surface area contributed by atoms with Gasteiger partial charge in [-0.3, -0.25) is 4.79 Å². The van der Waals surface area contributed by atoms with Crippen molar-refractivity contribution in [1.29, 1.82) is 0 Å². The van der Waals surface area contributed by atoms with Gasteiger partial charge in [-0.2, -0.15) is 0 Å². The van der Waals surface area contributed by atoms with E-state index in [9.17, 15) is 13.2 Å². The second-order valence-electron chi connectivity index (χ2n) is 5.69. The second-order valence-corrected chi connectivity index (χ2v) is 8.66. The van der Waals surface area contributed by atoms with E-state index >= 15 is 0 Å². The van der Waals surface area contributed by atoms with Gasteiger partial charge in [0.1, 0.15) is 0 Å². The molecule has 0 heterocycles. The van der Waals surface area contributed by atoms with Crippen LogP contribution >= 0.6 is 22.3 Å². The first-order chi connectivity index (χ1) is 8.99. The minimum atomic E-state index is -3.83. The summed E-state index contributed by atoms with van der Waals surface area (Å²) in [5.41, 5.74) is 0.437. The van der Waals surface area contributed by atoms with Gasteiger partial charge in [-0.15, -0.1) is 0 Å².